The number of hydrogen-bond acceptors (Lipinski definition) is 1. The van der Waals surface area contributed by atoms with Gasteiger partial charge in [0.2, 0.25) is 0 Å². The molecule has 0 spiro atoms. The van der Waals surface area contributed by atoms with Gasteiger partial charge in [0.25, 0.3) is 0 Å². The molecule has 0 bridgehead atoms. The van der Waals surface area contributed by atoms with E-state index in [1.54, 1.807) is 12.1 Å². The third-order valence-corrected chi connectivity index (χ3v) is 2.58. The molecule has 0 radical (unpaired) electrons. The molecule has 2 rings (SSSR count). The average Bonchev–Trinajstić information content (AvgIpc) is 2.61. The van der Waals surface area contributed by atoms with E-state index in [0.717, 1.165) is 29.8 Å². The summed E-state index contributed by atoms with van der Waals surface area (Å²) < 4.78 is 14.7. The van der Waals surface area contributed by atoms with Gasteiger partial charge in [-0.25, -0.2) is 4.39 Å². The van der Waals surface area contributed by atoms with Crippen molar-refractivity contribution in [2.45, 2.75) is 19.8 Å². The Kier molecular flexibility index (Phi) is 3.04. The van der Waals surface area contributed by atoms with Crippen molar-refractivity contribution in [1.82, 2.24) is 9.78 Å². The Morgan fingerprint density at radius 3 is 2.56 bits per heavy atom. The second-order valence-electron chi connectivity index (χ2n) is 3.90. The molecule has 2 nitrogen and oxygen atoms in total. The topological polar surface area (TPSA) is 17.8 Å². The van der Waals surface area contributed by atoms with E-state index < -0.39 is 0 Å². The molecule has 1 aromatic heterocycles. The number of halogens is 1. The number of aromatic nitrogens is 2. The summed E-state index contributed by atoms with van der Waals surface area (Å²) in [6.07, 6.45) is 2.06. The number of nitrogens with zero attached hydrogens (tertiary/aromatic N) is 2. The Morgan fingerprint density at radius 2 is 1.94 bits per heavy atom. The predicted octanol–water partition coefficient (Wildman–Crippen LogP) is 3.18. The number of aryl methyl sites for hydroxylation is 2. The van der Waals surface area contributed by atoms with Crippen LogP contribution in [0.3, 0.4) is 0 Å². The largest absolute Gasteiger partial charge is 0.268 e. The Hall–Kier alpha value is -1.64. The Morgan fingerprint density at radius 1 is 1.25 bits per heavy atom. The Labute approximate surface area is 94.7 Å². The van der Waals surface area contributed by atoms with Crippen molar-refractivity contribution in [3.63, 3.8) is 0 Å². The van der Waals surface area contributed by atoms with Gasteiger partial charge in [-0.3, -0.25) is 4.68 Å². The lowest BCUT2D eigenvalue weighted by Crippen LogP contribution is -1.94. The monoisotopic (exact) mass is 218 g/mol. The van der Waals surface area contributed by atoms with Gasteiger partial charge in [-0.1, -0.05) is 13.3 Å². The van der Waals surface area contributed by atoms with Crippen molar-refractivity contribution in [2.75, 3.05) is 0 Å². The van der Waals surface area contributed by atoms with Gasteiger partial charge in [0.1, 0.15) is 5.82 Å². The molecule has 0 aliphatic rings. The molecule has 0 amide bonds. The Bertz CT molecular complexity index is 471. The zero-order valence-electron chi connectivity index (χ0n) is 9.57. The van der Waals surface area contributed by atoms with Crippen molar-refractivity contribution in [3.05, 3.63) is 41.8 Å². The first-order valence-electron chi connectivity index (χ1n) is 5.49. The summed E-state index contributed by atoms with van der Waals surface area (Å²) in [7, 11) is 1.91. The van der Waals surface area contributed by atoms with Crippen molar-refractivity contribution >= 4 is 0 Å². The molecular formula is C13H15FN2. The van der Waals surface area contributed by atoms with Gasteiger partial charge in [-0.05, 0) is 42.3 Å². The maximum atomic E-state index is 12.8. The second-order valence-corrected chi connectivity index (χ2v) is 3.90. The summed E-state index contributed by atoms with van der Waals surface area (Å²) in [5.74, 6) is -0.209. The summed E-state index contributed by atoms with van der Waals surface area (Å²) >= 11 is 0. The molecule has 3 heteroatoms. The molecule has 16 heavy (non-hydrogen) atoms. The molecule has 84 valence electrons. The highest BCUT2D eigenvalue weighted by atomic mass is 19.1. The fourth-order valence-corrected chi connectivity index (χ4v) is 1.80. The van der Waals surface area contributed by atoms with Crippen molar-refractivity contribution < 1.29 is 4.39 Å². The molecule has 2 aromatic rings. The van der Waals surface area contributed by atoms with Crippen LogP contribution in [0.25, 0.3) is 11.3 Å². The summed E-state index contributed by atoms with van der Waals surface area (Å²) in [4.78, 5) is 0. The fraction of sp³-hybridized carbons (Fsp3) is 0.308. The van der Waals surface area contributed by atoms with Crippen LogP contribution >= 0.6 is 0 Å². The molecule has 0 aliphatic carbocycles. The van der Waals surface area contributed by atoms with Crippen LogP contribution in [0.2, 0.25) is 0 Å². The summed E-state index contributed by atoms with van der Waals surface area (Å²) in [6, 6.07) is 8.57. The molecule has 0 atom stereocenters. The molecular weight excluding hydrogens is 203 g/mol. The van der Waals surface area contributed by atoms with Gasteiger partial charge in [-0.15, -0.1) is 0 Å². The minimum absolute atomic E-state index is 0.209. The maximum Gasteiger partial charge on any atom is 0.123 e. The van der Waals surface area contributed by atoms with Gasteiger partial charge in [0.05, 0.1) is 11.4 Å². The van der Waals surface area contributed by atoms with Crippen molar-refractivity contribution in [3.8, 4) is 11.3 Å². The smallest absolute Gasteiger partial charge is 0.123 e. The normalized spacial score (nSPS) is 10.7. The fourth-order valence-electron chi connectivity index (χ4n) is 1.80. The average molecular weight is 218 g/mol. The van der Waals surface area contributed by atoms with E-state index in [-0.39, 0.29) is 5.82 Å². The van der Waals surface area contributed by atoms with Crippen molar-refractivity contribution in [2.24, 2.45) is 7.05 Å². The van der Waals surface area contributed by atoms with Gasteiger partial charge in [0, 0.05) is 7.05 Å². The van der Waals surface area contributed by atoms with Gasteiger partial charge < -0.3 is 0 Å². The van der Waals surface area contributed by atoms with Crippen LogP contribution in [0.4, 0.5) is 4.39 Å². The molecule has 0 saturated heterocycles. The SMILES string of the molecule is CCCc1cc(-c2ccc(F)cc2)n(C)n1. The van der Waals surface area contributed by atoms with Crippen LogP contribution in [0.5, 0.6) is 0 Å². The van der Waals surface area contributed by atoms with Gasteiger partial charge >= 0.3 is 0 Å². The van der Waals surface area contributed by atoms with E-state index in [1.165, 1.54) is 12.1 Å². The number of rotatable bonds is 3. The summed E-state index contributed by atoms with van der Waals surface area (Å²) in [6.45, 7) is 2.13. The highest BCUT2D eigenvalue weighted by Crippen LogP contribution is 2.20. The standard InChI is InChI=1S/C13H15FN2/c1-3-4-12-9-13(16(2)15-12)10-5-7-11(14)8-6-10/h5-9H,3-4H2,1-2H3. The molecule has 0 aliphatic heterocycles. The van der Waals surface area contributed by atoms with Crippen LogP contribution in [0.1, 0.15) is 19.0 Å². The second kappa shape index (κ2) is 4.47. The van der Waals surface area contributed by atoms with E-state index in [0.29, 0.717) is 0 Å². The molecule has 0 fully saturated rings. The lowest BCUT2D eigenvalue weighted by molar-refractivity contribution is 0.628. The van der Waals surface area contributed by atoms with Gasteiger partial charge in [-0.2, -0.15) is 5.10 Å². The highest BCUT2D eigenvalue weighted by Gasteiger charge is 2.06. The van der Waals surface area contributed by atoms with E-state index in [2.05, 4.69) is 18.1 Å². The van der Waals surface area contributed by atoms with Crippen LogP contribution in [0, 0.1) is 5.82 Å². The van der Waals surface area contributed by atoms with E-state index in [9.17, 15) is 4.39 Å². The molecule has 1 heterocycles. The number of hydrogen-bond donors (Lipinski definition) is 0. The van der Waals surface area contributed by atoms with E-state index >= 15 is 0 Å². The van der Waals surface area contributed by atoms with E-state index in [1.807, 2.05) is 11.7 Å². The first-order chi connectivity index (χ1) is 7.70. The molecule has 0 saturated carbocycles. The first-order valence-corrected chi connectivity index (χ1v) is 5.49. The minimum atomic E-state index is -0.209. The predicted molar refractivity (Wildman–Crippen MR) is 62.6 cm³/mol. The van der Waals surface area contributed by atoms with Crippen LogP contribution < -0.4 is 0 Å². The van der Waals surface area contributed by atoms with Crippen LogP contribution in [-0.4, -0.2) is 9.78 Å². The molecule has 1 aromatic carbocycles. The van der Waals surface area contributed by atoms with Crippen molar-refractivity contribution in [1.29, 1.82) is 0 Å². The third-order valence-electron chi connectivity index (χ3n) is 2.58. The molecule has 0 N–H and O–H groups in total. The zero-order chi connectivity index (χ0) is 11.5. The zero-order valence-corrected chi connectivity index (χ0v) is 9.57. The van der Waals surface area contributed by atoms with Crippen LogP contribution in [0.15, 0.2) is 30.3 Å². The van der Waals surface area contributed by atoms with E-state index in [4.69, 9.17) is 0 Å². The maximum absolute atomic E-state index is 12.8. The summed E-state index contributed by atoms with van der Waals surface area (Å²) in [5, 5.41) is 4.42. The lowest BCUT2D eigenvalue weighted by atomic mass is 10.1. The summed E-state index contributed by atoms with van der Waals surface area (Å²) in [5.41, 5.74) is 3.12. The molecule has 0 unspecified atom stereocenters. The third kappa shape index (κ3) is 2.13. The van der Waals surface area contributed by atoms with Crippen LogP contribution in [-0.2, 0) is 13.5 Å². The van der Waals surface area contributed by atoms with Gasteiger partial charge in [0.15, 0.2) is 0 Å². The first kappa shape index (κ1) is 10.9. The lowest BCUT2D eigenvalue weighted by Gasteiger charge is -2.00. The quantitative estimate of drug-likeness (QED) is 0.773. The highest BCUT2D eigenvalue weighted by molar-refractivity contribution is 5.59. The minimum Gasteiger partial charge on any atom is -0.268 e. The number of benzene rings is 1. The Balaban J connectivity index is 2.36.